The Bertz CT molecular complexity index is 593. The third kappa shape index (κ3) is 5.95. The summed E-state index contributed by atoms with van der Waals surface area (Å²) in [6.45, 7) is 13.9. The van der Waals surface area contributed by atoms with Crippen LogP contribution in [0.4, 0.5) is 4.79 Å². The highest BCUT2D eigenvalue weighted by Gasteiger charge is 2.49. The molecule has 1 saturated carbocycles. The molecule has 0 bridgehead atoms. The molecular formula is C24H44N4O4. The number of nitrogens with zero attached hydrogens (tertiary/aromatic N) is 3. The van der Waals surface area contributed by atoms with Crippen LogP contribution in [0.15, 0.2) is 0 Å². The maximum atomic E-state index is 13.2. The zero-order valence-electron chi connectivity index (χ0n) is 20.2. The number of carbonyl (C=O) groups excluding carboxylic acids is 1. The minimum atomic E-state index is -0.364. The van der Waals surface area contributed by atoms with Crippen molar-refractivity contribution in [2.24, 2.45) is 5.92 Å². The highest BCUT2D eigenvalue weighted by molar-refractivity contribution is 5.74. The van der Waals surface area contributed by atoms with E-state index in [2.05, 4.69) is 29.0 Å². The molecule has 184 valence electrons. The average Bonchev–Trinajstić information content (AvgIpc) is 3.06. The molecule has 3 saturated heterocycles. The summed E-state index contributed by atoms with van der Waals surface area (Å²) in [5.74, 6) is 0.150. The summed E-state index contributed by atoms with van der Waals surface area (Å²) < 4.78 is 17.6. The minimum absolute atomic E-state index is 0.0809. The first-order chi connectivity index (χ1) is 15.6. The Balaban J connectivity index is 1.32. The number of hydrogen-bond donors (Lipinski definition) is 1. The quantitative estimate of drug-likeness (QED) is 0.638. The summed E-state index contributed by atoms with van der Waals surface area (Å²) in [4.78, 5) is 20.2. The first-order valence-corrected chi connectivity index (χ1v) is 13.0. The molecule has 1 N–H and O–H groups in total. The Morgan fingerprint density at radius 3 is 2.75 bits per heavy atom. The molecule has 1 spiro atoms. The van der Waals surface area contributed by atoms with Crippen molar-refractivity contribution in [2.75, 3.05) is 72.2 Å². The van der Waals surface area contributed by atoms with Gasteiger partial charge < -0.3 is 24.4 Å². The maximum Gasteiger partial charge on any atom is 0.317 e. The molecule has 8 heteroatoms. The van der Waals surface area contributed by atoms with Gasteiger partial charge in [-0.3, -0.25) is 9.80 Å². The highest BCUT2D eigenvalue weighted by Crippen LogP contribution is 2.44. The second kappa shape index (κ2) is 11.5. The third-order valence-electron chi connectivity index (χ3n) is 7.77. The van der Waals surface area contributed by atoms with Gasteiger partial charge in [-0.2, -0.15) is 0 Å². The first kappa shape index (κ1) is 24.2. The lowest BCUT2D eigenvalue weighted by Gasteiger charge is -2.51. The van der Waals surface area contributed by atoms with Crippen LogP contribution in [0.2, 0.25) is 0 Å². The fourth-order valence-electron chi connectivity index (χ4n) is 6.18. The van der Waals surface area contributed by atoms with Crippen molar-refractivity contribution in [1.82, 2.24) is 20.0 Å². The monoisotopic (exact) mass is 452 g/mol. The summed E-state index contributed by atoms with van der Waals surface area (Å²) in [5.41, 5.74) is 0. The van der Waals surface area contributed by atoms with Crippen LogP contribution in [0, 0.1) is 5.92 Å². The molecule has 4 rings (SSSR count). The van der Waals surface area contributed by atoms with Crippen molar-refractivity contribution in [3.8, 4) is 0 Å². The minimum Gasteiger partial charge on any atom is -0.380 e. The Kier molecular flexibility index (Phi) is 8.67. The second-order valence-electron chi connectivity index (χ2n) is 9.94. The molecule has 0 aromatic heterocycles. The van der Waals surface area contributed by atoms with E-state index in [0.717, 1.165) is 97.6 Å². The Morgan fingerprint density at radius 1 is 1.12 bits per heavy atom. The molecule has 0 unspecified atom stereocenters. The zero-order chi connectivity index (χ0) is 22.4. The molecular weight excluding hydrogens is 408 g/mol. The van der Waals surface area contributed by atoms with Crippen molar-refractivity contribution in [2.45, 2.75) is 70.2 Å². The van der Waals surface area contributed by atoms with Gasteiger partial charge in [-0.05, 0) is 45.1 Å². The molecule has 0 aromatic carbocycles. The van der Waals surface area contributed by atoms with Gasteiger partial charge in [-0.25, -0.2) is 4.79 Å². The number of amides is 2. The summed E-state index contributed by atoms with van der Waals surface area (Å²) in [5, 5.41) is 3.39. The molecule has 4 fully saturated rings. The fraction of sp³-hybridized carbons (Fsp3) is 0.958. The topological polar surface area (TPSA) is 66.5 Å². The number of ether oxygens (including phenoxy) is 3. The largest absolute Gasteiger partial charge is 0.380 e. The fourth-order valence-corrected chi connectivity index (χ4v) is 6.18. The van der Waals surface area contributed by atoms with Gasteiger partial charge >= 0.3 is 6.03 Å². The van der Waals surface area contributed by atoms with E-state index in [0.29, 0.717) is 25.2 Å². The van der Waals surface area contributed by atoms with E-state index in [-0.39, 0.29) is 17.9 Å². The number of fused-ring (bicyclic) bond motifs is 1. The number of likely N-dealkylation sites (tertiary alicyclic amines) is 1. The predicted octanol–water partition coefficient (Wildman–Crippen LogP) is 2.14. The number of rotatable bonds is 7. The van der Waals surface area contributed by atoms with Gasteiger partial charge in [0.1, 0.15) is 0 Å². The molecule has 1 aliphatic carbocycles. The van der Waals surface area contributed by atoms with Crippen LogP contribution in [0.25, 0.3) is 0 Å². The Labute approximate surface area is 193 Å². The van der Waals surface area contributed by atoms with Crippen LogP contribution < -0.4 is 5.32 Å². The first-order valence-electron chi connectivity index (χ1n) is 13.0. The van der Waals surface area contributed by atoms with E-state index in [1.165, 1.54) is 0 Å². The van der Waals surface area contributed by atoms with E-state index >= 15 is 0 Å². The molecule has 32 heavy (non-hydrogen) atoms. The van der Waals surface area contributed by atoms with Gasteiger partial charge in [-0.1, -0.05) is 6.92 Å². The molecule has 8 nitrogen and oxygen atoms in total. The van der Waals surface area contributed by atoms with Crippen molar-refractivity contribution in [1.29, 1.82) is 0 Å². The molecule has 2 amide bonds. The summed E-state index contributed by atoms with van der Waals surface area (Å²) >= 11 is 0. The number of carbonyl (C=O) groups is 1. The zero-order valence-corrected chi connectivity index (χ0v) is 20.2. The normalized spacial score (nSPS) is 31.2. The van der Waals surface area contributed by atoms with Gasteiger partial charge in [0.25, 0.3) is 0 Å². The van der Waals surface area contributed by atoms with Crippen LogP contribution in [0.3, 0.4) is 0 Å². The number of likely N-dealkylation sites (N-methyl/N-ethyl adjacent to an activating group) is 1. The van der Waals surface area contributed by atoms with Gasteiger partial charge in [0, 0.05) is 70.8 Å². The predicted molar refractivity (Wildman–Crippen MR) is 124 cm³/mol. The lowest BCUT2D eigenvalue weighted by atomic mass is 9.74. The van der Waals surface area contributed by atoms with Crippen LogP contribution in [0.5, 0.6) is 0 Å². The maximum absolute atomic E-state index is 13.2. The SMILES string of the molecule is CCCN1C[C@@H](NC(=O)N(CC)CCN2CCCOCC2)C[C@@H]2CC3(CC[C@H]21)OCCO3. The van der Waals surface area contributed by atoms with Crippen LogP contribution >= 0.6 is 0 Å². The van der Waals surface area contributed by atoms with Gasteiger partial charge in [0.05, 0.1) is 19.8 Å². The average molecular weight is 453 g/mol. The van der Waals surface area contributed by atoms with Gasteiger partial charge in [0.2, 0.25) is 0 Å². The summed E-state index contributed by atoms with van der Waals surface area (Å²) in [6, 6.07) is 0.860. The standard InChI is InChI=1S/C24H44N4O4/c1-3-8-28-19-21(17-20-18-24(7-6-22(20)28)31-15-16-32-24)25-23(29)27(4-2)11-10-26-9-5-13-30-14-12-26/h20-22H,3-19H2,1-2H3,(H,25,29)/t20-,21+,22-/m1/s1. The van der Waals surface area contributed by atoms with E-state index < -0.39 is 0 Å². The molecule has 4 aliphatic rings. The Hall–Kier alpha value is -0.930. The van der Waals surface area contributed by atoms with E-state index in [4.69, 9.17) is 14.2 Å². The van der Waals surface area contributed by atoms with Crippen molar-refractivity contribution < 1.29 is 19.0 Å². The molecule has 3 atom stereocenters. The van der Waals surface area contributed by atoms with Gasteiger partial charge in [0.15, 0.2) is 5.79 Å². The molecule has 3 heterocycles. The molecule has 3 aliphatic heterocycles. The van der Waals surface area contributed by atoms with Crippen molar-refractivity contribution >= 4 is 6.03 Å². The van der Waals surface area contributed by atoms with Crippen molar-refractivity contribution in [3.05, 3.63) is 0 Å². The number of nitrogens with one attached hydrogen (secondary N) is 1. The van der Waals surface area contributed by atoms with E-state index in [1.54, 1.807) is 0 Å². The Morgan fingerprint density at radius 2 is 1.97 bits per heavy atom. The number of piperidine rings is 1. The smallest absolute Gasteiger partial charge is 0.317 e. The third-order valence-corrected chi connectivity index (χ3v) is 7.77. The summed E-state index contributed by atoms with van der Waals surface area (Å²) in [7, 11) is 0. The van der Waals surface area contributed by atoms with Gasteiger partial charge in [-0.15, -0.1) is 0 Å². The number of urea groups is 1. The van der Waals surface area contributed by atoms with E-state index in [9.17, 15) is 4.79 Å². The second-order valence-corrected chi connectivity index (χ2v) is 9.94. The van der Waals surface area contributed by atoms with Crippen LogP contribution in [-0.2, 0) is 14.2 Å². The summed E-state index contributed by atoms with van der Waals surface area (Å²) in [6.07, 6.45) is 6.32. The molecule has 0 radical (unpaired) electrons. The highest BCUT2D eigenvalue weighted by atomic mass is 16.7. The van der Waals surface area contributed by atoms with Crippen LogP contribution in [-0.4, -0.2) is 111 Å². The lowest BCUT2D eigenvalue weighted by Crippen LogP contribution is -2.60. The van der Waals surface area contributed by atoms with E-state index in [1.807, 2.05) is 4.90 Å². The lowest BCUT2D eigenvalue weighted by molar-refractivity contribution is -0.201. The molecule has 0 aromatic rings. The van der Waals surface area contributed by atoms with Crippen LogP contribution in [0.1, 0.15) is 52.4 Å². The van der Waals surface area contributed by atoms with Crippen molar-refractivity contribution in [3.63, 3.8) is 0 Å². The number of hydrogen-bond acceptors (Lipinski definition) is 6.